The highest BCUT2D eigenvalue weighted by atomic mass is 35.5. The quantitative estimate of drug-likeness (QED) is 0.0846. The number of ether oxygens (including phenoxy) is 1. The molecule has 4 amide bonds. The summed E-state index contributed by atoms with van der Waals surface area (Å²) in [6, 6.07) is 23.7. The van der Waals surface area contributed by atoms with E-state index in [-0.39, 0.29) is 43.2 Å². The largest absolute Gasteiger partial charge is 0.484 e. The SMILES string of the molecule is Cc1sc2c(c1C)C(c1ccc(Cl)cc1)=N[C@@H](CC(=O)NCCCCCNC(=O)COc1ccc(C3CCC(=O)N(Cc4ccccc4)C3=O)cc1)c1nnc(C)n1-2. The number of nitrogens with zero attached hydrogens (tertiary/aromatic N) is 5. The highest BCUT2D eigenvalue weighted by Crippen LogP contribution is 2.39. The molecule has 12 nitrogen and oxygen atoms in total. The molecular weight excluding hydrogens is 774 g/mol. The number of rotatable bonds is 15. The molecule has 3 aromatic carbocycles. The maximum atomic E-state index is 13.3. The van der Waals surface area contributed by atoms with Crippen LogP contribution in [0.4, 0.5) is 0 Å². The van der Waals surface area contributed by atoms with E-state index in [4.69, 9.17) is 21.3 Å². The summed E-state index contributed by atoms with van der Waals surface area (Å²) < 4.78 is 7.73. The number of imide groups is 1. The number of aliphatic imine (C=N–C) groups is 1. The van der Waals surface area contributed by atoms with Gasteiger partial charge >= 0.3 is 0 Å². The highest BCUT2D eigenvalue weighted by Gasteiger charge is 2.35. The fourth-order valence-electron chi connectivity index (χ4n) is 7.34. The van der Waals surface area contributed by atoms with Crippen molar-refractivity contribution in [3.8, 4) is 10.8 Å². The van der Waals surface area contributed by atoms with E-state index >= 15 is 0 Å². The Kier molecular flexibility index (Phi) is 12.8. The Hall–Kier alpha value is -5.66. The van der Waals surface area contributed by atoms with Crippen molar-refractivity contribution in [1.82, 2.24) is 30.3 Å². The molecule has 1 unspecified atom stereocenters. The van der Waals surface area contributed by atoms with Crippen molar-refractivity contribution >= 4 is 52.3 Å². The van der Waals surface area contributed by atoms with E-state index in [9.17, 15) is 19.2 Å². The Morgan fingerprint density at radius 2 is 1.59 bits per heavy atom. The number of aromatic nitrogens is 3. The summed E-state index contributed by atoms with van der Waals surface area (Å²) in [5.74, 6) is 0.761. The lowest BCUT2D eigenvalue weighted by Crippen LogP contribution is -2.43. The zero-order valence-electron chi connectivity index (χ0n) is 32.8. The lowest BCUT2D eigenvalue weighted by atomic mass is 9.89. The predicted octanol–water partition coefficient (Wildman–Crippen LogP) is 7.10. The van der Waals surface area contributed by atoms with Gasteiger partial charge in [-0.3, -0.25) is 33.6 Å². The van der Waals surface area contributed by atoms with Gasteiger partial charge in [0.15, 0.2) is 12.4 Å². The molecule has 2 atom stereocenters. The minimum atomic E-state index is -0.536. The standard InChI is InChI=1S/C44H46ClN7O5S/c1-27-28(2)58-44-40(27)41(32-12-16-33(45)17-13-32)48-36(42-50-49-29(3)52(42)44)24-37(53)46-22-8-5-9-23-47-38(54)26-57-34-18-14-31(15-19-34)35-20-21-39(55)51(43(35)56)25-30-10-6-4-7-11-30/h4,6-7,10-19,35-36H,5,8-9,20-26H2,1-3H3,(H,46,53)(H,47,54)/t35?,36-/m0/s1. The third-order valence-corrected chi connectivity index (χ3v) is 12.0. The van der Waals surface area contributed by atoms with E-state index in [0.29, 0.717) is 42.5 Å². The number of carbonyl (C=O) groups excluding carboxylic acids is 4. The van der Waals surface area contributed by atoms with E-state index < -0.39 is 12.0 Å². The minimum Gasteiger partial charge on any atom is -0.484 e. The van der Waals surface area contributed by atoms with Gasteiger partial charge in [0.1, 0.15) is 22.6 Å². The van der Waals surface area contributed by atoms with E-state index in [1.807, 2.05) is 78.2 Å². The molecule has 0 bridgehead atoms. The Bertz CT molecular complexity index is 2320. The van der Waals surface area contributed by atoms with Crippen LogP contribution in [-0.4, -0.2) is 68.7 Å². The van der Waals surface area contributed by atoms with Crippen LogP contribution >= 0.6 is 22.9 Å². The van der Waals surface area contributed by atoms with E-state index in [2.05, 4.69) is 34.7 Å². The van der Waals surface area contributed by atoms with Gasteiger partial charge in [-0.1, -0.05) is 66.2 Å². The van der Waals surface area contributed by atoms with Crippen LogP contribution in [0.25, 0.3) is 5.00 Å². The van der Waals surface area contributed by atoms with Crippen molar-refractivity contribution in [3.05, 3.63) is 128 Å². The summed E-state index contributed by atoms with van der Waals surface area (Å²) in [5, 5.41) is 16.4. The smallest absolute Gasteiger partial charge is 0.257 e. The van der Waals surface area contributed by atoms with E-state index in [0.717, 1.165) is 63.6 Å². The van der Waals surface area contributed by atoms with Crippen molar-refractivity contribution in [2.75, 3.05) is 19.7 Å². The number of hydrogen-bond donors (Lipinski definition) is 2. The van der Waals surface area contributed by atoms with Gasteiger partial charge in [-0.05, 0) is 87.4 Å². The molecule has 0 radical (unpaired) electrons. The van der Waals surface area contributed by atoms with Crippen molar-refractivity contribution < 1.29 is 23.9 Å². The Morgan fingerprint density at radius 3 is 2.31 bits per heavy atom. The molecular formula is C44H46ClN7O5S. The van der Waals surface area contributed by atoms with Gasteiger partial charge in [-0.2, -0.15) is 0 Å². The predicted molar refractivity (Wildman–Crippen MR) is 224 cm³/mol. The second-order valence-electron chi connectivity index (χ2n) is 14.6. The molecule has 0 saturated carbocycles. The second-order valence-corrected chi connectivity index (χ2v) is 16.3. The fourth-order valence-corrected chi connectivity index (χ4v) is 8.68. The molecule has 5 aromatic rings. The normalized spacial score (nSPS) is 16.3. The Morgan fingerprint density at radius 1 is 0.879 bits per heavy atom. The minimum absolute atomic E-state index is 0.119. The fraction of sp³-hybridized carbons (Fsp3) is 0.341. The zero-order valence-corrected chi connectivity index (χ0v) is 34.4. The molecule has 58 heavy (non-hydrogen) atoms. The Balaban J connectivity index is 0.837. The molecule has 2 aromatic heterocycles. The second kappa shape index (κ2) is 18.3. The molecule has 1 fully saturated rings. The molecule has 2 aliphatic heterocycles. The van der Waals surface area contributed by atoms with E-state index in [1.54, 1.807) is 23.5 Å². The average molecular weight is 820 g/mol. The van der Waals surface area contributed by atoms with Crippen molar-refractivity contribution in [2.24, 2.45) is 4.99 Å². The molecule has 4 heterocycles. The topological polar surface area (TPSA) is 148 Å². The number of unbranched alkanes of at least 4 members (excludes halogenated alkanes) is 2. The van der Waals surface area contributed by atoms with Gasteiger partial charge < -0.3 is 15.4 Å². The molecule has 14 heteroatoms. The summed E-state index contributed by atoms with van der Waals surface area (Å²) >= 11 is 7.89. The summed E-state index contributed by atoms with van der Waals surface area (Å²) in [4.78, 5) is 59.3. The number of piperidine rings is 1. The average Bonchev–Trinajstić information content (AvgIpc) is 3.70. The molecule has 0 spiro atoms. The summed E-state index contributed by atoms with van der Waals surface area (Å²) in [7, 11) is 0. The first-order valence-electron chi connectivity index (χ1n) is 19.6. The number of hydrogen-bond acceptors (Lipinski definition) is 9. The van der Waals surface area contributed by atoms with Crippen LogP contribution in [0.2, 0.25) is 5.02 Å². The Labute approximate surface area is 346 Å². The maximum Gasteiger partial charge on any atom is 0.257 e. The van der Waals surface area contributed by atoms with Gasteiger partial charge in [0.2, 0.25) is 17.7 Å². The first kappa shape index (κ1) is 40.5. The van der Waals surface area contributed by atoms with Crippen LogP contribution in [0.3, 0.4) is 0 Å². The van der Waals surface area contributed by atoms with Crippen molar-refractivity contribution in [3.63, 3.8) is 0 Å². The number of amides is 4. The molecule has 1 saturated heterocycles. The summed E-state index contributed by atoms with van der Waals surface area (Å²) in [5.41, 5.74) is 5.59. The van der Waals surface area contributed by atoms with Crippen molar-refractivity contribution in [2.45, 2.75) is 77.8 Å². The number of aryl methyl sites for hydroxylation is 2. The first-order valence-corrected chi connectivity index (χ1v) is 20.8. The van der Waals surface area contributed by atoms with Crippen LogP contribution in [-0.2, 0) is 25.7 Å². The number of likely N-dealkylation sites (tertiary alicyclic amines) is 1. The molecule has 300 valence electrons. The molecule has 2 aliphatic rings. The van der Waals surface area contributed by atoms with Crippen LogP contribution in [0, 0.1) is 20.8 Å². The van der Waals surface area contributed by atoms with Gasteiger partial charge in [0.05, 0.1) is 24.6 Å². The van der Waals surface area contributed by atoms with Gasteiger partial charge in [-0.25, -0.2) is 0 Å². The van der Waals surface area contributed by atoms with Gasteiger partial charge in [0.25, 0.3) is 5.91 Å². The summed E-state index contributed by atoms with van der Waals surface area (Å²) in [6.45, 7) is 7.21. The summed E-state index contributed by atoms with van der Waals surface area (Å²) in [6.07, 6.45) is 3.19. The lowest BCUT2D eigenvalue weighted by molar-refractivity contribution is -0.150. The van der Waals surface area contributed by atoms with Crippen molar-refractivity contribution in [1.29, 1.82) is 0 Å². The molecule has 0 aliphatic carbocycles. The number of nitrogens with one attached hydrogen (secondary N) is 2. The van der Waals surface area contributed by atoms with Crippen LogP contribution in [0.5, 0.6) is 5.75 Å². The molecule has 2 N–H and O–H groups in total. The third-order valence-electron chi connectivity index (χ3n) is 10.6. The maximum absolute atomic E-state index is 13.3. The van der Waals surface area contributed by atoms with Gasteiger partial charge in [-0.15, -0.1) is 21.5 Å². The third kappa shape index (κ3) is 9.21. The van der Waals surface area contributed by atoms with E-state index in [1.165, 1.54) is 9.78 Å². The van der Waals surface area contributed by atoms with Gasteiger partial charge in [0, 0.05) is 40.5 Å². The number of carbonyl (C=O) groups is 4. The van der Waals surface area contributed by atoms with Crippen LogP contribution < -0.4 is 15.4 Å². The number of benzene rings is 3. The molecule has 7 rings (SSSR count). The first-order chi connectivity index (χ1) is 28.1. The lowest BCUT2D eigenvalue weighted by Gasteiger charge is -2.31. The highest BCUT2D eigenvalue weighted by molar-refractivity contribution is 7.15. The van der Waals surface area contributed by atoms with Crippen LogP contribution in [0.1, 0.15) is 94.8 Å². The monoisotopic (exact) mass is 819 g/mol. The zero-order chi connectivity index (χ0) is 40.8. The number of fused-ring (bicyclic) bond motifs is 3. The number of thiophene rings is 1. The van der Waals surface area contributed by atoms with Crippen LogP contribution in [0.15, 0.2) is 83.9 Å². The number of halogens is 1.